The van der Waals surface area contributed by atoms with Gasteiger partial charge in [0, 0.05) is 9.79 Å². The second-order valence-corrected chi connectivity index (χ2v) is 9.32. The second-order valence-electron chi connectivity index (χ2n) is 7.20. The van der Waals surface area contributed by atoms with Crippen molar-refractivity contribution >= 4 is 39.8 Å². The van der Waals surface area contributed by atoms with E-state index in [1.807, 2.05) is 66.7 Å². The van der Waals surface area contributed by atoms with Gasteiger partial charge in [0.25, 0.3) is 0 Å². The Hall–Kier alpha value is -3.28. The molecule has 3 rings (SSSR count). The van der Waals surface area contributed by atoms with Gasteiger partial charge in [-0.25, -0.2) is 0 Å². The van der Waals surface area contributed by atoms with Gasteiger partial charge in [0.05, 0.1) is 6.26 Å². The molecule has 0 aliphatic rings. The lowest BCUT2D eigenvalue weighted by atomic mass is 10.0. The normalized spacial score (nSPS) is 10.7. The zero-order chi connectivity index (χ0) is 23.6. The third-order valence-corrected chi connectivity index (χ3v) is 6.49. The van der Waals surface area contributed by atoms with E-state index in [4.69, 9.17) is 4.74 Å². The van der Waals surface area contributed by atoms with Gasteiger partial charge < -0.3 is 4.74 Å². The molecule has 3 aromatic carbocycles. The first-order chi connectivity index (χ1) is 15.9. The van der Waals surface area contributed by atoms with Gasteiger partial charge in [0.2, 0.25) is 10.2 Å². The average molecular weight is 473 g/mol. The van der Waals surface area contributed by atoms with E-state index < -0.39 is 0 Å². The topological polar surface area (TPSA) is 43.4 Å². The first-order valence-corrected chi connectivity index (χ1v) is 11.9. The Morgan fingerprint density at radius 3 is 1.97 bits per heavy atom. The molecule has 0 aliphatic heterocycles. The summed E-state index contributed by atoms with van der Waals surface area (Å²) in [6, 6.07) is 23.8. The highest BCUT2D eigenvalue weighted by Crippen LogP contribution is 2.26. The van der Waals surface area contributed by atoms with E-state index >= 15 is 0 Å². The van der Waals surface area contributed by atoms with Crippen molar-refractivity contribution in [1.82, 2.24) is 0 Å². The van der Waals surface area contributed by atoms with Crippen LogP contribution in [0.3, 0.4) is 0 Å². The molecule has 0 radical (unpaired) electrons. The Morgan fingerprint density at radius 2 is 1.39 bits per heavy atom. The molecule has 0 aliphatic carbocycles. The summed E-state index contributed by atoms with van der Waals surface area (Å²) in [6.45, 7) is 9.33. The molecule has 3 nitrogen and oxygen atoms in total. The Balaban J connectivity index is 1.51. The maximum absolute atomic E-state index is 11.8. The highest BCUT2D eigenvalue weighted by molar-refractivity contribution is 8.14. The van der Waals surface area contributed by atoms with Crippen molar-refractivity contribution < 1.29 is 14.3 Å². The number of ether oxygens (including phenoxy) is 1. The predicted molar refractivity (Wildman–Crippen MR) is 139 cm³/mol. The summed E-state index contributed by atoms with van der Waals surface area (Å²) in [7, 11) is 0. The molecular weight excluding hydrogens is 448 g/mol. The molecule has 0 fully saturated rings. The Labute approximate surface area is 203 Å². The van der Waals surface area contributed by atoms with E-state index in [2.05, 4.69) is 25.3 Å². The zero-order valence-electron chi connectivity index (χ0n) is 18.3. The van der Waals surface area contributed by atoms with Crippen molar-refractivity contribution in [3.05, 3.63) is 115 Å². The summed E-state index contributed by atoms with van der Waals surface area (Å²) >= 11 is 2.34. The molecule has 166 valence electrons. The minimum Gasteiger partial charge on any atom is -0.496 e. The Bertz CT molecular complexity index is 1160. The largest absolute Gasteiger partial charge is 0.496 e. The van der Waals surface area contributed by atoms with E-state index in [1.54, 1.807) is 13.2 Å². The lowest BCUT2D eigenvalue weighted by Crippen LogP contribution is -1.90. The maximum Gasteiger partial charge on any atom is 0.219 e. The molecule has 0 atom stereocenters. The lowest BCUT2D eigenvalue weighted by Gasteiger charge is -2.05. The highest BCUT2D eigenvalue weighted by Gasteiger charge is 2.06. The van der Waals surface area contributed by atoms with Crippen molar-refractivity contribution in [2.24, 2.45) is 0 Å². The smallest absolute Gasteiger partial charge is 0.219 e. The summed E-state index contributed by atoms with van der Waals surface area (Å²) in [5.74, 6) is 0. The molecule has 0 saturated heterocycles. The van der Waals surface area contributed by atoms with Gasteiger partial charge in [-0.05, 0) is 94.7 Å². The fourth-order valence-corrected chi connectivity index (χ4v) is 4.03. The highest BCUT2D eigenvalue weighted by atomic mass is 32.2. The minimum atomic E-state index is -0.0703. The van der Waals surface area contributed by atoms with E-state index in [9.17, 15) is 9.59 Å². The van der Waals surface area contributed by atoms with Crippen LogP contribution in [0.2, 0.25) is 0 Å². The fraction of sp³-hybridized carbons (Fsp3) is 0.0714. The van der Waals surface area contributed by atoms with E-state index in [-0.39, 0.29) is 10.2 Å². The van der Waals surface area contributed by atoms with E-state index in [1.165, 1.54) is 17.8 Å². The molecule has 0 spiro atoms. The molecular formula is C28H24O3S2. The third-order valence-electron chi connectivity index (χ3n) is 4.57. The molecule has 0 amide bonds. The Morgan fingerprint density at radius 1 is 0.848 bits per heavy atom. The number of benzene rings is 3. The standard InChI is InChI=1S/C28H24O3S2/c1-4-27(29)32-25-13-7-22(8-14-25)19-31-18-17-21-5-9-23(10-6-21)24-11-15-26(16-12-24)33-28(30)20(2)3/h4-18H,1-2,19H2,3H3/b18-17+. The maximum atomic E-state index is 11.8. The van der Waals surface area contributed by atoms with Gasteiger partial charge in [0.1, 0.15) is 6.61 Å². The van der Waals surface area contributed by atoms with Crippen LogP contribution >= 0.6 is 23.5 Å². The van der Waals surface area contributed by atoms with Crippen LogP contribution in [0.25, 0.3) is 17.2 Å². The SMILES string of the molecule is C=CC(=O)Sc1ccc(CO/C=C/c2ccc(-c3ccc(SC(=O)C(=C)C)cc3)cc2)cc1. The average Bonchev–Trinajstić information content (AvgIpc) is 2.83. The number of hydrogen-bond acceptors (Lipinski definition) is 5. The van der Waals surface area contributed by atoms with Crippen molar-refractivity contribution in [3.8, 4) is 11.1 Å². The van der Waals surface area contributed by atoms with Crippen LogP contribution in [0, 0.1) is 0 Å². The lowest BCUT2D eigenvalue weighted by molar-refractivity contribution is -0.108. The van der Waals surface area contributed by atoms with Crippen LogP contribution in [-0.4, -0.2) is 10.2 Å². The number of hydrogen-bond donors (Lipinski definition) is 0. The third kappa shape index (κ3) is 7.67. The van der Waals surface area contributed by atoms with Crippen LogP contribution < -0.4 is 0 Å². The molecule has 0 heterocycles. The van der Waals surface area contributed by atoms with Gasteiger partial charge in [0.15, 0.2) is 0 Å². The van der Waals surface area contributed by atoms with Crippen LogP contribution in [0.1, 0.15) is 18.1 Å². The number of rotatable bonds is 9. The Kier molecular flexibility index (Phi) is 8.93. The first kappa shape index (κ1) is 24.4. The van der Waals surface area contributed by atoms with Crippen LogP contribution in [0.5, 0.6) is 0 Å². The van der Waals surface area contributed by atoms with Crippen molar-refractivity contribution in [2.75, 3.05) is 0 Å². The molecule has 5 heteroatoms. The van der Waals surface area contributed by atoms with Crippen LogP contribution in [0.4, 0.5) is 0 Å². The molecule has 0 unspecified atom stereocenters. The molecule has 3 aromatic rings. The zero-order valence-corrected chi connectivity index (χ0v) is 20.0. The van der Waals surface area contributed by atoms with Gasteiger partial charge >= 0.3 is 0 Å². The van der Waals surface area contributed by atoms with Crippen LogP contribution in [0.15, 0.2) is 114 Å². The van der Waals surface area contributed by atoms with Gasteiger partial charge in [-0.2, -0.15) is 0 Å². The molecule has 0 aromatic heterocycles. The quantitative estimate of drug-likeness (QED) is 0.183. The van der Waals surface area contributed by atoms with Crippen molar-refractivity contribution in [2.45, 2.75) is 23.3 Å². The van der Waals surface area contributed by atoms with E-state index in [0.29, 0.717) is 12.2 Å². The van der Waals surface area contributed by atoms with E-state index in [0.717, 1.165) is 43.8 Å². The summed E-state index contributed by atoms with van der Waals surface area (Å²) in [4.78, 5) is 24.9. The monoisotopic (exact) mass is 472 g/mol. The molecule has 0 N–H and O–H groups in total. The molecule has 0 bridgehead atoms. The fourth-order valence-electron chi connectivity index (χ4n) is 2.78. The number of carbonyl (C=O) groups excluding carboxylic acids is 2. The van der Waals surface area contributed by atoms with Gasteiger partial charge in [-0.1, -0.05) is 61.7 Å². The van der Waals surface area contributed by atoms with Crippen molar-refractivity contribution in [3.63, 3.8) is 0 Å². The predicted octanol–water partition coefficient (Wildman–Crippen LogP) is 7.54. The van der Waals surface area contributed by atoms with Gasteiger partial charge in [-0.15, -0.1) is 0 Å². The molecule has 33 heavy (non-hydrogen) atoms. The van der Waals surface area contributed by atoms with Gasteiger partial charge in [-0.3, -0.25) is 9.59 Å². The minimum absolute atomic E-state index is 0.0165. The summed E-state index contributed by atoms with van der Waals surface area (Å²) < 4.78 is 5.64. The van der Waals surface area contributed by atoms with Crippen LogP contribution in [-0.2, 0) is 20.9 Å². The number of carbonyl (C=O) groups is 2. The number of thioether (sulfide) groups is 2. The first-order valence-electron chi connectivity index (χ1n) is 10.2. The molecule has 0 saturated carbocycles. The summed E-state index contributed by atoms with van der Waals surface area (Å²) in [5, 5.41) is -0.0869. The summed E-state index contributed by atoms with van der Waals surface area (Å²) in [5.41, 5.74) is 4.80. The summed E-state index contributed by atoms with van der Waals surface area (Å²) in [6.07, 6.45) is 4.91. The second kappa shape index (κ2) is 12.1. The van der Waals surface area contributed by atoms with Crippen molar-refractivity contribution in [1.29, 1.82) is 0 Å².